The lowest BCUT2D eigenvalue weighted by atomic mass is 10.0. The van der Waals surface area contributed by atoms with E-state index in [9.17, 15) is 0 Å². The molecule has 0 spiro atoms. The molecule has 5 nitrogen and oxygen atoms in total. The quantitative estimate of drug-likeness (QED) is 0.371. The summed E-state index contributed by atoms with van der Waals surface area (Å²) in [5.41, 5.74) is 5.54. The van der Waals surface area contributed by atoms with Gasteiger partial charge in [-0.1, -0.05) is 36.4 Å². The lowest BCUT2D eigenvalue weighted by Crippen LogP contribution is -1.99. The SMILES string of the molecule is c1ccc(-c2nc3c4ccccc4c4ncccc4c3nc2-c2ccccn2)nc1. The summed E-state index contributed by atoms with van der Waals surface area (Å²) in [7, 11) is 0. The zero-order valence-electron chi connectivity index (χ0n) is 15.9. The first-order valence-corrected chi connectivity index (χ1v) is 9.70. The molecule has 6 rings (SSSR count). The van der Waals surface area contributed by atoms with E-state index in [0.717, 1.165) is 49.8 Å². The zero-order valence-corrected chi connectivity index (χ0v) is 15.9. The summed E-state index contributed by atoms with van der Waals surface area (Å²) in [5, 5.41) is 3.06. The number of hydrogen-bond donors (Lipinski definition) is 0. The molecule has 6 aromatic rings. The van der Waals surface area contributed by atoms with Crippen molar-refractivity contribution in [3.63, 3.8) is 0 Å². The molecule has 0 aliphatic heterocycles. The van der Waals surface area contributed by atoms with Crippen LogP contribution in [-0.2, 0) is 0 Å². The number of benzene rings is 2. The molecule has 30 heavy (non-hydrogen) atoms. The lowest BCUT2D eigenvalue weighted by molar-refractivity contribution is 1.21. The van der Waals surface area contributed by atoms with Crippen molar-refractivity contribution in [3.8, 4) is 22.8 Å². The van der Waals surface area contributed by atoms with Crippen molar-refractivity contribution in [3.05, 3.63) is 91.4 Å². The highest BCUT2D eigenvalue weighted by Crippen LogP contribution is 2.36. The van der Waals surface area contributed by atoms with Crippen molar-refractivity contribution in [2.24, 2.45) is 0 Å². The van der Waals surface area contributed by atoms with Crippen LogP contribution in [-0.4, -0.2) is 24.9 Å². The normalized spacial score (nSPS) is 11.3. The van der Waals surface area contributed by atoms with Crippen LogP contribution in [0.4, 0.5) is 0 Å². The molecule has 0 saturated carbocycles. The summed E-state index contributed by atoms with van der Waals surface area (Å²) in [6.07, 6.45) is 5.35. The highest BCUT2D eigenvalue weighted by Gasteiger charge is 2.18. The molecule has 0 N–H and O–H groups in total. The molecule has 0 fully saturated rings. The maximum Gasteiger partial charge on any atom is 0.117 e. The average Bonchev–Trinajstić information content (AvgIpc) is 2.84. The Hall–Kier alpha value is -4.25. The van der Waals surface area contributed by atoms with Gasteiger partial charge >= 0.3 is 0 Å². The van der Waals surface area contributed by atoms with Crippen LogP contribution in [0.1, 0.15) is 0 Å². The van der Waals surface area contributed by atoms with Gasteiger partial charge in [-0.05, 0) is 36.4 Å². The largest absolute Gasteiger partial charge is 0.256 e. The van der Waals surface area contributed by atoms with Crippen LogP contribution in [0.5, 0.6) is 0 Å². The van der Waals surface area contributed by atoms with Gasteiger partial charge in [-0.15, -0.1) is 0 Å². The molecule has 5 heteroatoms. The van der Waals surface area contributed by atoms with Crippen LogP contribution in [0.3, 0.4) is 0 Å². The minimum Gasteiger partial charge on any atom is -0.256 e. The smallest absolute Gasteiger partial charge is 0.117 e. The van der Waals surface area contributed by atoms with Gasteiger partial charge in [0, 0.05) is 34.7 Å². The molecule has 0 aliphatic rings. The van der Waals surface area contributed by atoms with E-state index in [-0.39, 0.29) is 0 Å². The van der Waals surface area contributed by atoms with Crippen molar-refractivity contribution in [2.75, 3.05) is 0 Å². The molecular weight excluding hydrogens is 370 g/mol. The van der Waals surface area contributed by atoms with Gasteiger partial charge in [-0.3, -0.25) is 15.0 Å². The summed E-state index contributed by atoms with van der Waals surface area (Å²) in [5.74, 6) is 0. The van der Waals surface area contributed by atoms with Crippen LogP contribution in [0.15, 0.2) is 91.4 Å². The average molecular weight is 385 g/mol. The maximum atomic E-state index is 5.11. The minimum atomic E-state index is 0.710. The Morgan fingerprint density at radius 2 is 0.900 bits per heavy atom. The Bertz CT molecular complexity index is 1410. The molecule has 0 atom stereocenters. The molecule has 4 heterocycles. The topological polar surface area (TPSA) is 64.5 Å². The highest BCUT2D eigenvalue weighted by atomic mass is 14.9. The summed E-state index contributed by atoms with van der Waals surface area (Å²) in [4.78, 5) is 23.9. The molecule has 2 aromatic carbocycles. The molecular formula is C25H15N5. The van der Waals surface area contributed by atoms with E-state index in [0.29, 0.717) is 5.69 Å². The lowest BCUT2D eigenvalue weighted by Gasteiger charge is -2.13. The predicted molar refractivity (Wildman–Crippen MR) is 119 cm³/mol. The molecule has 0 bridgehead atoms. The number of nitrogens with zero attached hydrogens (tertiary/aromatic N) is 5. The second-order valence-corrected chi connectivity index (χ2v) is 6.99. The van der Waals surface area contributed by atoms with Gasteiger partial charge in [0.1, 0.15) is 11.4 Å². The first-order valence-electron chi connectivity index (χ1n) is 9.70. The molecule has 140 valence electrons. The van der Waals surface area contributed by atoms with Gasteiger partial charge in [-0.25, -0.2) is 9.97 Å². The second kappa shape index (κ2) is 6.67. The summed E-state index contributed by atoms with van der Waals surface area (Å²) >= 11 is 0. The fourth-order valence-electron chi connectivity index (χ4n) is 3.88. The van der Waals surface area contributed by atoms with Gasteiger partial charge in [0.25, 0.3) is 0 Å². The molecule has 0 unspecified atom stereocenters. The third-order valence-electron chi connectivity index (χ3n) is 5.21. The number of aromatic nitrogens is 5. The molecule has 0 saturated heterocycles. The number of fused-ring (bicyclic) bond motifs is 6. The van der Waals surface area contributed by atoms with Crippen molar-refractivity contribution < 1.29 is 0 Å². The fraction of sp³-hybridized carbons (Fsp3) is 0. The Labute approximate surface area is 172 Å². The van der Waals surface area contributed by atoms with Gasteiger partial charge in [-0.2, -0.15) is 0 Å². The molecule has 0 radical (unpaired) electrons. The van der Waals surface area contributed by atoms with Crippen LogP contribution >= 0.6 is 0 Å². The van der Waals surface area contributed by atoms with Crippen molar-refractivity contribution in [2.45, 2.75) is 0 Å². The first kappa shape index (κ1) is 16.7. The molecule has 0 amide bonds. The van der Waals surface area contributed by atoms with E-state index in [4.69, 9.17) is 9.97 Å². The number of rotatable bonds is 2. The van der Waals surface area contributed by atoms with E-state index in [1.807, 2.05) is 60.8 Å². The summed E-state index contributed by atoms with van der Waals surface area (Å²) in [6, 6.07) is 23.8. The van der Waals surface area contributed by atoms with Crippen molar-refractivity contribution in [1.29, 1.82) is 0 Å². The van der Waals surface area contributed by atoms with E-state index in [2.05, 4.69) is 33.2 Å². The fourth-order valence-corrected chi connectivity index (χ4v) is 3.88. The zero-order chi connectivity index (χ0) is 19.9. The Balaban J connectivity index is 1.83. The Morgan fingerprint density at radius 3 is 1.50 bits per heavy atom. The van der Waals surface area contributed by atoms with Crippen LogP contribution in [0.2, 0.25) is 0 Å². The van der Waals surface area contributed by atoms with Crippen LogP contribution < -0.4 is 0 Å². The first-order chi connectivity index (χ1) is 14.9. The van der Waals surface area contributed by atoms with Gasteiger partial charge in [0.05, 0.1) is 27.9 Å². The summed E-state index contributed by atoms with van der Waals surface area (Å²) < 4.78 is 0. The van der Waals surface area contributed by atoms with Gasteiger partial charge < -0.3 is 0 Å². The monoisotopic (exact) mass is 385 g/mol. The van der Waals surface area contributed by atoms with E-state index < -0.39 is 0 Å². The van der Waals surface area contributed by atoms with Crippen LogP contribution in [0.25, 0.3) is 55.5 Å². The standard InChI is InChI=1S/C25H15N5/c1-2-9-17-16(8-1)21-18(10-7-15-28-21)23-22(17)29-24(19-11-3-5-13-26-19)25(30-23)20-12-4-6-14-27-20/h1-15H. The van der Waals surface area contributed by atoms with E-state index in [1.165, 1.54) is 0 Å². The maximum absolute atomic E-state index is 5.11. The van der Waals surface area contributed by atoms with Crippen molar-refractivity contribution in [1.82, 2.24) is 24.9 Å². The van der Waals surface area contributed by atoms with E-state index in [1.54, 1.807) is 12.4 Å². The summed E-state index contributed by atoms with van der Waals surface area (Å²) in [6.45, 7) is 0. The Morgan fingerprint density at radius 1 is 0.400 bits per heavy atom. The number of pyridine rings is 3. The Kier molecular flexibility index (Phi) is 3.71. The predicted octanol–water partition coefficient (Wildman–Crippen LogP) is 5.46. The highest BCUT2D eigenvalue weighted by molar-refractivity contribution is 6.22. The van der Waals surface area contributed by atoms with Crippen LogP contribution in [0, 0.1) is 0 Å². The van der Waals surface area contributed by atoms with Gasteiger partial charge in [0.2, 0.25) is 0 Å². The second-order valence-electron chi connectivity index (χ2n) is 6.99. The number of hydrogen-bond acceptors (Lipinski definition) is 5. The minimum absolute atomic E-state index is 0.710. The van der Waals surface area contributed by atoms with Crippen molar-refractivity contribution >= 4 is 32.7 Å². The third kappa shape index (κ3) is 2.53. The third-order valence-corrected chi connectivity index (χ3v) is 5.21. The van der Waals surface area contributed by atoms with E-state index >= 15 is 0 Å². The molecule has 4 aromatic heterocycles. The molecule has 0 aliphatic carbocycles. The van der Waals surface area contributed by atoms with Gasteiger partial charge in [0.15, 0.2) is 0 Å².